The van der Waals surface area contributed by atoms with E-state index in [1.165, 1.54) is 17.5 Å². The average molecular weight is 346 g/mol. The van der Waals surface area contributed by atoms with E-state index in [4.69, 9.17) is 0 Å². The number of para-hydroxylation sites is 1. The van der Waals surface area contributed by atoms with Gasteiger partial charge in [0.2, 0.25) is 5.65 Å². The van der Waals surface area contributed by atoms with E-state index in [0.29, 0.717) is 28.7 Å². The Kier molecular flexibility index (Phi) is 3.44. The van der Waals surface area contributed by atoms with E-state index in [1.807, 2.05) is 36.4 Å². The molecule has 5 rings (SSSR count). The van der Waals surface area contributed by atoms with Gasteiger partial charge in [0.15, 0.2) is 11.5 Å². The number of benzene rings is 1. The fraction of sp³-hybridized carbons (Fsp3) is 0.263. The van der Waals surface area contributed by atoms with Crippen LogP contribution in [0.4, 0.5) is 5.82 Å². The van der Waals surface area contributed by atoms with Crippen molar-refractivity contribution in [2.24, 2.45) is 0 Å². The predicted octanol–water partition coefficient (Wildman–Crippen LogP) is 2.78. The number of nitrogens with zero attached hydrogens (tertiary/aromatic N) is 5. The molecule has 0 radical (unpaired) electrons. The fourth-order valence-corrected chi connectivity index (χ4v) is 3.64. The van der Waals surface area contributed by atoms with Gasteiger partial charge in [0.25, 0.3) is 0 Å². The molecule has 0 bridgehead atoms. The number of aromatic nitrogens is 5. The summed E-state index contributed by atoms with van der Waals surface area (Å²) in [5.41, 5.74) is 2.24. The summed E-state index contributed by atoms with van der Waals surface area (Å²) >= 11 is 0. The predicted molar refractivity (Wildman–Crippen MR) is 99.8 cm³/mol. The molecule has 3 heterocycles. The van der Waals surface area contributed by atoms with Crippen LogP contribution in [-0.2, 0) is 0 Å². The first-order valence-corrected chi connectivity index (χ1v) is 8.90. The molecule has 0 saturated heterocycles. The minimum Gasteiger partial charge on any atom is -0.364 e. The number of pyridine rings is 1. The first kappa shape index (κ1) is 15.1. The van der Waals surface area contributed by atoms with Gasteiger partial charge in [0.1, 0.15) is 0 Å². The van der Waals surface area contributed by atoms with E-state index in [0.717, 1.165) is 18.5 Å². The first-order chi connectivity index (χ1) is 12.8. The Morgan fingerprint density at radius 3 is 2.65 bits per heavy atom. The largest absolute Gasteiger partial charge is 0.364 e. The van der Waals surface area contributed by atoms with Crippen LogP contribution in [0.5, 0.6) is 0 Å². The van der Waals surface area contributed by atoms with Crippen molar-refractivity contribution in [1.82, 2.24) is 24.1 Å². The topological polar surface area (TPSA) is 77.1 Å². The van der Waals surface area contributed by atoms with Crippen molar-refractivity contribution >= 4 is 22.6 Å². The molecule has 1 aromatic carbocycles. The summed E-state index contributed by atoms with van der Waals surface area (Å²) < 4.78 is 3.02. The van der Waals surface area contributed by atoms with Crippen LogP contribution in [0.3, 0.4) is 0 Å². The quantitative estimate of drug-likeness (QED) is 0.617. The Morgan fingerprint density at radius 1 is 1.04 bits per heavy atom. The molecule has 1 aliphatic carbocycles. The summed E-state index contributed by atoms with van der Waals surface area (Å²) in [5, 5.41) is 8.07. The van der Waals surface area contributed by atoms with Gasteiger partial charge in [0.05, 0.1) is 11.2 Å². The SMILES string of the molecule is O=c1n(-c2ccccc2)nc2c(NC3CCCC3)nc3ncccc3n12. The lowest BCUT2D eigenvalue weighted by Gasteiger charge is -2.13. The maximum atomic E-state index is 13.1. The van der Waals surface area contributed by atoms with Gasteiger partial charge < -0.3 is 5.32 Å². The standard InChI is InChI=1S/C19H18N6O/c26-19-24-15-11-6-12-20-16(15)22-17(21-13-7-4-5-8-13)18(24)23-25(19)14-9-2-1-3-10-14/h1-3,6,9-13H,4-5,7-8H2,(H,20,21,22). The first-order valence-electron chi connectivity index (χ1n) is 8.90. The lowest BCUT2D eigenvalue weighted by molar-refractivity contribution is 0.751. The van der Waals surface area contributed by atoms with Crippen molar-refractivity contribution in [2.45, 2.75) is 31.7 Å². The molecular formula is C19H18N6O. The van der Waals surface area contributed by atoms with E-state index >= 15 is 0 Å². The zero-order valence-electron chi connectivity index (χ0n) is 14.2. The third kappa shape index (κ3) is 2.35. The summed E-state index contributed by atoms with van der Waals surface area (Å²) in [5.74, 6) is 0.620. The van der Waals surface area contributed by atoms with Crippen molar-refractivity contribution in [1.29, 1.82) is 0 Å². The Bertz CT molecular complexity index is 1140. The van der Waals surface area contributed by atoms with Gasteiger partial charge in [-0.3, -0.25) is 0 Å². The fourth-order valence-electron chi connectivity index (χ4n) is 3.64. The maximum Gasteiger partial charge on any atom is 0.355 e. The number of nitrogens with one attached hydrogen (secondary N) is 1. The molecule has 0 atom stereocenters. The highest BCUT2D eigenvalue weighted by atomic mass is 16.2. The lowest BCUT2D eigenvalue weighted by Crippen LogP contribution is -2.21. The second-order valence-corrected chi connectivity index (χ2v) is 6.62. The summed E-state index contributed by atoms with van der Waals surface area (Å²) in [4.78, 5) is 22.1. The van der Waals surface area contributed by atoms with Crippen molar-refractivity contribution in [3.63, 3.8) is 0 Å². The molecule has 1 aliphatic rings. The molecule has 3 aromatic heterocycles. The zero-order valence-corrected chi connectivity index (χ0v) is 14.2. The van der Waals surface area contributed by atoms with Gasteiger partial charge >= 0.3 is 5.69 Å². The normalized spacial score (nSPS) is 15.1. The second kappa shape index (κ2) is 5.94. The summed E-state index contributed by atoms with van der Waals surface area (Å²) in [7, 11) is 0. The van der Waals surface area contributed by atoms with Gasteiger partial charge in [-0.05, 0) is 37.1 Å². The van der Waals surface area contributed by atoms with Crippen molar-refractivity contribution in [3.8, 4) is 5.69 Å². The Morgan fingerprint density at radius 2 is 1.85 bits per heavy atom. The summed E-state index contributed by atoms with van der Waals surface area (Å²) in [6, 6.07) is 13.4. The number of hydrogen-bond acceptors (Lipinski definition) is 5. The molecule has 0 amide bonds. The van der Waals surface area contributed by atoms with Crippen LogP contribution in [0.2, 0.25) is 0 Å². The molecule has 26 heavy (non-hydrogen) atoms. The van der Waals surface area contributed by atoms with Gasteiger partial charge in [-0.15, -0.1) is 5.10 Å². The number of fused-ring (bicyclic) bond motifs is 3. The minimum atomic E-state index is -0.221. The molecule has 0 spiro atoms. The van der Waals surface area contributed by atoms with Crippen molar-refractivity contribution in [2.75, 3.05) is 5.32 Å². The third-order valence-corrected chi connectivity index (χ3v) is 4.91. The molecule has 1 fully saturated rings. The summed E-state index contributed by atoms with van der Waals surface area (Å²) in [6.45, 7) is 0. The Balaban J connectivity index is 1.79. The number of rotatable bonds is 3. The lowest BCUT2D eigenvalue weighted by atomic mass is 10.2. The number of anilines is 1. The monoisotopic (exact) mass is 346 g/mol. The maximum absolute atomic E-state index is 13.1. The highest BCUT2D eigenvalue weighted by Gasteiger charge is 2.21. The van der Waals surface area contributed by atoms with Crippen LogP contribution < -0.4 is 11.0 Å². The van der Waals surface area contributed by atoms with Gasteiger partial charge in [-0.1, -0.05) is 31.0 Å². The molecule has 1 N–H and O–H groups in total. The van der Waals surface area contributed by atoms with E-state index in [2.05, 4.69) is 20.4 Å². The Labute approximate surface area is 149 Å². The molecular weight excluding hydrogens is 328 g/mol. The van der Waals surface area contributed by atoms with E-state index in [9.17, 15) is 4.79 Å². The van der Waals surface area contributed by atoms with Crippen LogP contribution >= 0.6 is 0 Å². The van der Waals surface area contributed by atoms with Gasteiger partial charge in [0, 0.05) is 12.2 Å². The average Bonchev–Trinajstić information content (AvgIpc) is 3.31. The van der Waals surface area contributed by atoms with E-state index in [-0.39, 0.29) is 5.69 Å². The molecule has 0 aliphatic heterocycles. The molecule has 7 heteroatoms. The van der Waals surface area contributed by atoms with E-state index < -0.39 is 0 Å². The van der Waals surface area contributed by atoms with E-state index in [1.54, 1.807) is 16.7 Å². The van der Waals surface area contributed by atoms with Crippen LogP contribution in [0.1, 0.15) is 25.7 Å². The molecule has 7 nitrogen and oxygen atoms in total. The highest BCUT2D eigenvalue weighted by molar-refractivity contribution is 5.79. The van der Waals surface area contributed by atoms with Crippen LogP contribution in [-0.4, -0.2) is 30.2 Å². The second-order valence-electron chi connectivity index (χ2n) is 6.62. The molecule has 130 valence electrons. The molecule has 1 saturated carbocycles. The highest BCUT2D eigenvalue weighted by Crippen LogP contribution is 2.24. The van der Waals surface area contributed by atoms with Gasteiger partial charge in [-0.25, -0.2) is 19.2 Å². The third-order valence-electron chi connectivity index (χ3n) is 4.91. The molecule has 0 unspecified atom stereocenters. The minimum absolute atomic E-state index is 0.221. The zero-order chi connectivity index (χ0) is 17.5. The smallest absolute Gasteiger partial charge is 0.355 e. The molecule has 4 aromatic rings. The van der Waals surface area contributed by atoms with Crippen LogP contribution in [0.25, 0.3) is 22.5 Å². The van der Waals surface area contributed by atoms with Gasteiger partial charge in [-0.2, -0.15) is 4.68 Å². The van der Waals surface area contributed by atoms with Crippen molar-refractivity contribution in [3.05, 3.63) is 59.1 Å². The summed E-state index contributed by atoms with van der Waals surface area (Å²) in [6.07, 6.45) is 6.33. The van der Waals surface area contributed by atoms with Crippen LogP contribution in [0, 0.1) is 0 Å². The van der Waals surface area contributed by atoms with Crippen LogP contribution in [0.15, 0.2) is 53.5 Å². The number of hydrogen-bond donors (Lipinski definition) is 1. The Hall–Kier alpha value is -3.22. The van der Waals surface area contributed by atoms with Crippen molar-refractivity contribution < 1.29 is 0 Å².